The molecule has 0 aliphatic heterocycles. The predicted octanol–water partition coefficient (Wildman–Crippen LogP) is 3.36. The maximum atomic E-state index is 12.2. The molecule has 2 aromatic heterocycles. The van der Waals surface area contributed by atoms with Crippen molar-refractivity contribution in [2.45, 2.75) is 13.5 Å². The van der Waals surface area contributed by atoms with Gasteiger partial charge in [-0.2, -0.15) is 0 Å². The highest BCUT2D eigenvalue weighted by Gasteiger charge is 2.12. The Labute approximate surface area is 132 Å². The molecule has 0 saturated heterocycles. The van der Waals surface area contributed by atoms with E-state index < -0.39 is 5.63 Å². The highest BCUT2D eigenvalue weighted by molar-refractivity contribution is 5.92. The summed E-state index contributed by atoms with van der Waals surface area (Å²) < 4.78 is 10.4. The van der Waals surface area contributed by atoms with Crippen molar-refractivity contribution in [3.05, 3.63) is 64.4 Å². The van der Waals surface area contributed by atoms with E-state index in [-0.39, 0.29) is 6.03 Å². The van der Waals surface area contributed by atoms with Crippen LogP contribution in [0.2, 0.25) is 0 Å². The number of carbonyl (C=O) groups is 1. The van der Waals surface area contributed by atoms with Crippen LogP contribution in [-0.2, 0) is 6.54 Å². The monoisotopic (exact) mass is 312 g/mol. The minimum Gasteiger partial charge on any atom is -0.467 e. The van der Waals surface area contributed by atoms with E-state index in [1.807, 2.05) is 13.0 Å². The molecule has 6 heteroatoms. The Morgan fingerprint density at radius 1 is 1.26 bits per heavy atom. The summed E-state index contributed by atoms with van der Waals surface area (Å²) in [6, 6.07) is 9.96. The first-order chi connectivity index (χ1) is 11.0. The number of hydrogen-bond acceptors (Lipinski definition) is 4. The summed E-state index contributed by atoms with van der Waals surface area (Å²) in [6.07, 6.45) is 1.56. The number of amides is 2. The fraction of sp³-hybridized carbons (Fsp3) is 0.176. The quantitative estimate of drug-likeness (QED) is 0.752. The molecule has 1 aromatic carbocycles. The Hall–Kier alpha value is -3.02. The second-order valence-electron chi connectivity index (χ2n) is 5.32. The molecule has 0 saturated carbocycles. The van der Waals surface area contributed by atoms with Gasteiger partial charge in [-0.25, -0.2) is 9.59 Å². The van der Waals surface area contributed by atoms with E-state index in [1.165, 1.54) is 11.0 Å². The first-order valence-electron chi connectivity index (χ1n) is 7.12. The topological polar surface area (TPSA) is 75.7 Å². The van der Waals surface area contributed by atoms with Crippen LogP contribution in [0.25, 0.3) is 11.0 Å². The number of benzene rings is 1. The zero-order valence-electron chi connectivity index (χ0n) is 12.8. The number of rotatable bonds is 3. The number of fused-ring (bicyclic) bond motifs is 1. The summed E-state index contributed by atoms with van der Waals surface area (Å²) >= 11 is 0. The third-order valence-corrected chi connectivity index (χ3v) is 3.52. The van der Waals surface area contributed by atoms with E-state index >= 15 is 0 Å². The maximum absolute atomic E-state index is 12.2. The van der Waals surface area contributed by atoms with E-state index in [9.17, 15) is 9.59 Å². The zero-order chi connectivity index (χ0) is 16.4. The van der Waals surface area contributed by atoms with Crippen LogP contribution in [0.1, 0.15) is 11.3 Å². The third kappa shape index (κ3) is 3.26. The molecule has 0 bridgehead atoms. The molecule has 0 unspecified atom stereocenters. The number of urea groups is 1. The molecule has 0 aliphatic rings. The van der Waals surface area contributed by atoms with Gasteiger partial charge in [-0.1, -0.05) is 0 Å². The summed E-state index contributed by atoms with van der Waals surface area (Å²) in [5, 5.41) is 3.61. The van der Waals surface area contributed by atoms with Crippen LogP contribution in [0, 0.1) is 6.92 Å². The molecule has 0 aliphatic carbocycles. The van der Waals surface area contributed by atoms with Crippen molar-refractivity contribution in [3.8, 4) is 0 Å². The first kappa shape index (κ1) is 14.9. The maximum Gasteiger partial charge on any atom is 0.336 e. The Morgan fingerprint density at radius 2 is 2.09 bits per heavy atom. The van der Waals surface area contributed by atoms with E-state index in [0.717, 1.165) is 10.9 Å². The minimum absolute atomic E-state index is 0.282. The van der Waals surface area contributed by atoms with Gasteiger partial charge >= 0.3 is 11.7 Å². The molecule has 118 valence electrons. The van der Waals surface area contributed by atoms with Gasteiger partial charge in [0, 0.05) is 30.3 Å². The van der Waals surface area contributed by atoms with Crippen molar-refractivity contribution in [1.29, 1.82) is 0 Å². The van der Waals surface area contributed by atoms with E-state index in [1.54, 1.807) is 37.6 Å². The van der Waals surface area contributed by atoms with Crippen molar-refractivity contribution in [2.75, 3.05) is 12.4 Å². The lowest BCUT2D eigenvalue weighted by atomic mass is 10.1. The van der Waals surface area contributed by atoms with Crippen LogP contribution in [0.5, 0.6) is 0 Å². The lowest BCUT2D eigenvalue weighted by Crippen LogP contribution is -2.30. The molecule has 1 N–H and O–H groups in total. The summed E-state index contributed by atoms with van der Waals surface area (Å²) in [7, 11) is 1.67. The fourth-order valence-electron chi connectivity index (χ4n) is 2.33. The molecule has 3 rings (SSSR count). The average molecular weight is 312 g/mol. The Morgan fingerprint density at radius 3 is 2.83 bits per heavy atom. The van der Waals surface area contributed by atoms with Crippen LogP contribution in [0.15, 0.2) is 56.3 Å². The lowest BCUT2D eigenvalue weighted by molar-refractivity contribution is 0.217. The molecule has 0 spiro atoms. The number of carbonyl (C=O) groups excluding carboxylic acids is 1. The molecule has 3 aromatic rings. The van der Waals surface area contributed by atoms with Crippen LogP contribution in [-0.4, -0.2) is 18.0 Å². The van der Waals surface area contributed by atoms with Crippen molar-refractivity contribution in [1.82, 2.24) is 4.90 Å². The van der Waals surface area contributed by atoms with Crippen molar-refractivity contribution >= 4 is 22.7 Å². The first-order valence-corrected chi connectivity index (χ1v) is 7.12. The van der Waals surface area contributed by atoms with Crippen molar-refractivity contribution in [3.63, 3.8) is 0 Å². The van der Waals surface area contributed by atoms with E-state index in [2.05, 4.69) is 5.32 Å². The molecule has 2 amide bonds. The molecule has 6 nitrogen and oxygen atoms in total. The van der Waals surface area contributed by atoms with Crippen molar-refractivity contribution in [2.24, 2.45) is 0 Å². The second kappa shape index (κ2) is 6.00. The van der Waals surface area contributed by atoms with Crippen molar-refractivity contribution < 1.29 is 13.6 Å². The van der Waals surface area contributed by atoms with Crippen LogP contribution < -0.4 is 10.9 Å². The molecule has 23 heavy (non-hydrogen) atoms. The third-order valence-electron chi connectivity index (χ3n) is 3.52. The highest BCUT2D eigenvalue weighted by atomic mass is 16.4. The normalized spacial score (nSPS) is 10.7. The molecular formula is C17H16N2O4. The van der Waals surface area contributed by atoms with Gasteiger partial charge in [0.05, 0.1) is 12.8 Å². The van der Waals surface area contributed by atoms with Gasteiger partial charge in [0.15, 0.2) is 0 Å². The van der Waals surface area contributed by atoms with Gasteiger partial charge in [0.2, 0.25) is 0 Å². The number of anilines is 1. The zero-order valence-corrected chi connectivity index (χ0v) is 12.8. The standard InChI is InChI=1S/C17H16N2O4/c1-11-8-16(20)23-15-9-12(5-6-14(11)15)18-17(21)19(2)10-13-4-3-7-22-13/h3-9H,10H2,1-2H3,(H,18,21). The van der Waals surface area contributed by atoms with Gasteiger partial charge in [-0.3, -0.25) is 0 Å². The van der Waals surface area contributed by atoms with Crippen LogP contribution in [0.3, 0.4) is 0 Å². The number of hydrogen-bond donors (Lipinski definition) is 1. The van der Waals surface area contributed by atoms with Crippen LogP contribution in [0.4, 0.5) is 10.5 Å². The Balaban J connectivity index is 1.78. The number of furan rings is 1. The fourth-order valence-corrected chi connectivity index (χ4v) is 2.33. The minimum atomic E-state index is -0.409. The predicted molar refractivity (Wildman–Crippen MR) is 86.4 cm³/mol. The van der Waals surface area contributed by atoms with E-state index in [0.29, 0.717) is 23.6 Å². The molecule has 0 fully saturated rings. The van der Waals surface area contributed by atoms with Gasteiger partial charge < -0.3 is 19.1 Å². The second-order valence-corrected chi connectivity index (χ2v) is 5.32. The van der Waals surface area contributed by atoms with Gasteiger partial charge in [-0.05, 0) is 36.8 Å². The molecular weight excluding hydrogens is 296 g/mol. The highest BCUT2D eigenvalue weighted by Crippen LogP contribution is 2.21. The number of nitrogens with zero attached hydrogens (tertiary/aromatic N) is 1. The Bertz CT molecular complexity index is 897. The number of nitrogens with one attached hydrogen (secondary N) is 1. The van der Waals surface area contributed by atoms with Gasteiger partial charge in [0.25, 0.3) is 0 Å². The van der Waals surface area contributed by atoms with Gasteiger partial charge in [-0.15, -0.1) is 0 Å². The molecule has 0 atom stereocenters. The summed E-state index contributed by atoms with van der Waals surface area (Å²) in [4.78, 5) is 25.1. The average Bonchev–Trinajstić information content (AvgIpc) is 2.99. The molecule has 2 heterocycles. The smallest absolute Gasteiger partial charge is 0.336 e. The molecule has 0 radical (unpaired) electrons. The Kier molecular flexibility index (Phi) is 3.89. The number of aryl methyl sites for hydroxylation is 1. The lowest BCUT2D eigenvalue weighted by Gasteiger charge is -2.16. The summed E-state index contributed by atoms with van der Waals surface area (Å²) in [5.41, 5.74) is 1.43. The SMILES string of the molecule is Cc1cc(=O)oc2cc(NC(=O)N(C)Cc3ccco3)ccc12. The van der Waals surface area contributed by atoms with E-state index in [4.69, 9.17) is 8.83 Å². The summed E-state index contributed by atoms with van der Waals surface area (Å²) in [5.74, 6) is 0.697. The summed E-state index contributed by atoms with van der Waals surface area (Å²) in [6.45, 7) is 2.20. The largest absolute Gasteiger partial charge is 0.467 e. The van der Waals surface area contributed by atoms with Crippen LogP contribution >= 0.6 is 0 Å². The van der Waals surface area contributed by atoms with Gasteiger partial charge in [0.1, 0.15) is 11.3 Å².